The SMILES string of the molecule is CN=C(NCc1ccc(N2CCCC2=O)cc1)NCc1cc(Cl)c2c(c1)OCCCO2. The van der Waals surface area contributed by atoms with Crippen LogP contribution in [-0.2, 0) is 17.9 Å². The molecule has 0 unspecified atom stereocenters. The minimum Gasteiger partial charge on any atom is -0.489 e. The van der Waals surface area contributed by atoms with Crippen LogP contribution < -0.4 is 25.0 Å². The van der Waals surface area contributed by atoms with Gasteiger partial charge in [-0.2, -0.15) is 0 Å². The van der Waals surface area contributed by atoms with Gasteiger partial charge in [0.05, 0.1) is 18.2 Å². The van der Waals surface area contributed by atoms with E-state index in [1.807, 2.05) is 41.3 Å². The Morgan fingerprint density at radius 2 is 1.81 bits per heavy atom. The molecule has 0 aromatic heterocycles. The zero-order valence-corrected chi connectivity index (χ0v) is 18.4. The van der Waals surface area contributed by atoms with Crippen LogP contribution in [0.3, 0.4) is 0 Å². The van der Waals surface area contributed by atoms with Crippen LogP contribution in [0.5, 0.6) is 11.5 Å². The summed E-state index contributed by atoms with van der Waals surface area (Å²) in [6, 6.07) is 11.9. The molecule has 0 atom stereocenters. The highest BCUT2D eigenvalue weighted by Gasteiger charge is 2.21. The van der Waals surface area contributed by atoms with Crippen molar-refractivity contribution in [3.05, 3.63) is 52.5 Å². The average Bonchev–Trinajstić information content (AvgIpc) is 3.06. The highest BCUT2D eigenvalue weighted by molar-refractivity contribution is 6.32. The monoisotopic (exact) mass is 442 g/mol. The maximum absolute atomic E-state index is 11.9. The van der Waals surface area contributed by atoms with Crippen molar-refractivity contribution in [1.82, 2.24) is 10.6 Å². The second-order valence-electron chi connectivity index (χ2n) is 7.55. The molecule has 1 fully saturated rings. The fourth-order valence-electron chi connectivity index (χ4n) is 3.69. The quantitative estimate of drug-likeness (QED) is 0.547. The third kappa shape index (κ3) is 5.22. The molecule has 2 heterocycles. The second kappa shape index (κ2) is 9.92. The lowest BCUT2D eigenvalue weighted by Crippen LogP contribution is -2.36. The van der Waals surface area contributed by atoms with Gasteiger partial charge in [-0.25, -0.2) is 0 Å². The summed E-state index contributed by atoms with van der Waals surface area (Å²) in [5.41, 5.74) is 3.05. The van der Waals surface area contributed by atoms with E-state index >= 15 is 0 Å². The lowest BCUT2D eigenvalue weighted by atomic mass is 10.2. The number of nitrogens with zero attached hydrogens (tertiary/aromatic N) is 2. The number of carbonyl (C=O) groups is 1. The van der Waals surface area contributed by atoms with E-state index in [-0.39, 0.29) is 5.91 Å². The number of aliphatic imine (C=N–C) groups is 1. The fourth-order valence-corrected chi connectivity index (χ4v) is 3.98. The van der Waals surface area contributed by atoms with Gasteiger partial charge in [-0.15, -0.1) is 0 Å². The van der Waals surface area contributed by atoms with Gasteiger partial charge in [0.2, 0.25) is 5.91 Å². The van der Waals surface area contributed by atoms with E-state index in [0.717, 1.165) is 36.2 Å². The normalized spacial score (nSPS) is 16.3. The highest BCUT2D eigenvalue weighted by atomic mass is 35.5. The average molecular weight is 443 g/mol. The van der Waals surface area contributed by atoms with Crippen LogP contribution in [0.25, 0.3) is 0 Å². The summed E-state index contributed by atoms with van der Waals surface area (Å²) in [6.07, 6.45) is 2.41. The number of benzene rings is 2. The Morgan fingerprint density at radius 1 is 1.06 bits per heavy atom. The number of anilines is 1. The van der Waals surface area contributed by atoms with Crippen molar-refractivity contribution in [2.24, 2.45) is 4.99 Å². The topological polar surface area (TPSA) is 75.2 Å². The molecule has 2 aromatic carbocycles. The summed E-state index contributed by atoms with van der Waals surface area (Å²) in [6.45, 7) is 3.20. The molecule has 1 saturated heterocycles. The first-order valence-electron chi connectivity index (χ1n) is 10.6. The molecule has 0 spiro atoms. The van der Waals surface area contributed by atoms with E-state index < -0.39 is 0 Å². The van der Waals surface area contributed by atoms with Crippen molar-refractivity contribution in [2.75, 3.05) is 31.7 Å². The zero-order chi connectivity index (χ0) is 21.6. The van der Waals surface area contributed by atoms with Crippen molar-refractivity contribution in [1.29, 1.82) is 0 Å². The minimum atomic E-state index is 0.199. The molecule has 4 rings (SSSR count). The lowest BCUT2D eigenvalue weighted by molar-refractivity contribution is -0.117. The standard InChI is InChI=1S/C23H27ClN4O3/c1-25-23(26-14-16-5-7-18(8-6-16)28-9-2-4-21(28)29)27-15-17-12-19(24)22-20(13-17)30-10-3-11-31-22/h5-8,12-13H,2-4,9-11,14-15H2,1H3,(H2,25,26,27). The predicted molar refractivity (Wildman–Crippen MR) is 122 cm³/mol. The first-order valence-corrected chi connectivity index (χ1v) is 10.9. The van der Waals surface area contributed by atoms with E-state index in [1.165, 1.54) is 0 Å². The van der Waals surface area contributed by atoms with E-state index in [4.69, 9.17) is 21.1 Å². The molecule has 2 aliphatic heterocycles. The number of guanidine groups is 1. The van der Waals surface area contributed by atoms with Crippen molar-refractivity contribution in [3.63, 3.8) is 0 Å². The Balaban J connectivity index is 1.32. The summed E-state index contributed by atoms with van der Waals surface area (Å²) >= 11 is 6.38. The molecular weight excluding hydrogens is 416 g/mol. The Kier molecular flexibility index (Phi) is 6.82. The molecule has 1 amide bonds. The van der Waals surface area contributed by atoms with Gasteiger partial charge >= 0.3 is 0 Å². The molecule has 0 bridgehead atoms. The van der Waals surface area contributed by atoms with E-state index in [0.29, 0.717) is 55.2 Å². The Hall–Kier alpha value is -2.93. The molecule has 164 valence electrons. The molecule has 7 nitrogen and oxygen atoms in total. The minimum absolute atomic E-state index is 0.199. The summed E-state index contributed by atoms with van der Waals surface area (Å²) in [5.74, 6) is 2.18. The van der Waals surface area contributed by atoms with E-state index in [9.17, 15) is 4.79 Å². The van der Waals surface area contributed by atoms with Gasteiger partial charge in [-0.3, -0.25) is 9.79 Å². The number of halogens is 1. The van der Waals surface area contributed by atoms with Crippen LogP contribution in [0.2, 0.25) is 5.02 Å². The molecule has 0 saturated carbocycles. The van der Waals surface area contributed by atoms with Crippen LogP contribution in [0.1, 0.15) is 30.4 Å². The first kappa shape index (κ1) is 21.3. The Labute approximate surface area is 187 Å². The number of nitrogens with one attached hydrogen (secondary N) is 2. The van der Waals surface area contributed by atoms with E-state index in [1.54, 1.807) is 7.05 Å². The number of hydrogen-bond donors (Lipinski definition) is 2. The van der Waals surface area contributed by atoms with Crippen molar-refractivity contribution < 1.29 is 14.3 Å². The van der Waals surface area contributed by atoms with Crippen molar-refractivity contribution in [3.8, 4) is 11.5 Å². The molecule has 0 aliphatic carbocycles. The lowest BCUT2D eigenvalue weighted by Gasteiger charge is -2.17. The van der Waals surface area contributed by atoms with Gasteiger partial charge in [-0.05, 0) is 41.8 Å². The van der Waals surface area contributed by atoms with Crippen LogP contribution in [0.4, 0.5) is 5.69 Å². The number of amides is 1. The smallest absolute Gasteiger partial charge is 0.227 e. The molecule has 2 aromatic rings. The van der Waals surface area contributed by atoms with Crippen molar-refractivity contribution >= 4 is 29.2 Å². The molecule has 31 heavy (non-hydrogen) atoms. The number of ether oxygens (including phenoxy) is 2. The third-order valence-electron chi connectivity index (χ3n) is 5.33. The van der Waals surface area contributed by atoms with E-state index in [2.05, 4.69) is 15.6 Å². The van der Waals surface area contributed by atoms with Gasteiger partial charge in [0, 0.05) is 45.2 Å². The highest BCUT2D eigenvalue weighted by Crippen LogP contribution is 2.37. The second-order valence-corrected chi connectivity index (χ2v) is 7.96. The molecule has 8 heteroatoms. The van der Waals surface area contributed by atoms with Crippen LogP contribution in [0.15, 0.2) is 41.4 Å². The van der Waals surface area contributed by atoms with Gasteiger partial charge in [-0.1, -0.05) is 23.7 Å². The third-order valence-corrected chi connectivity index (χ3v) is 5.61. The molecule has 0 radical (unpaired) electrons. The van der Waals surface area contributed by atoms with Crippen LogP contribution in [-0.4, -0.2) is 38.7 Å². The Morgan fingerprint density at radius 3 is 2.52 bits per heavy atom. The maximum atomic E-state index is 11.9. The molecular formula is C23H27ClN4O3. The maximum Gasteiger partial charge on any atom is 0.227 e. The summed E-state index contributed by atoms with van der Waals surface area (Å²) in [7, 11) is 1.73. The largest absolute Gasteiger partial charge is 0.489 e. The van der Waals surface area contributed by atoms with Crippen LogP contribution >= 0.6 is 11.6 Å². The first-order chi connectivity index (χ1) is 15.1. The molecule has 2 aliphatic rings. The summed E-state index contributed by atoms with van der Waals surface area (Å²) in [4.78, 5) is 18.0. The van der Waals surface area contributed by atoms with Crippen LogP contribution in [0, 0.1) is 0 Å². The van der Waals surface area contributed by atoms with Gasteiger partial charge in [0.15, 0.2) is 17.5 Å². The summed E-state index contributed by atoms with van der Waals surface area (Å²) in [5, 5.41) is 7.16. The van der Waals surface area contributed by atoms with Gasteiger partial charge < -0.3 is 25.0 Å². The number of fused-ring (bicyclic) bond motifs is 1. The fraction of sp³-hybridized carbons (Fsp3) is 0.391. The van der Waals surface area contributed by atoms with Gasteiger partial charge in [0.25, 0.3) is 0 Å². The molecule has 2 N–H and O–H groups in total. The zero-order valence-electron chi connectivity index (χ0n) is 17.6. The Bertz CT molecular complexity index is 962. The van der Waals surface area contributed by atoms with Gasteiger partial charge in [0.1, 0.15) is 0 Å². The number of carbonyl (C=O) groups excluding carboxylic acids is 1. The number of hydrogen-bond acceptors (Lipinski definition) is 4. The summed E-state index contributed by atoms with van der Waals surface area (Å²) < 4.78 is 11.4. The number of rotatable bonds is 5. The predicted octanol–water partition coefficient (Wildman–Crippen LogP) is 3.49. The van der Waals surface area contributed by atoms with Crippen molar-refractivity contribution in [2.45, 2.75) is 32.4 Å².